The lowest BCUT2D eigenvalue weighted by Crippen LogP contribution is -2.33. The van der Waals surface area contributed by atoms with Crippen molar-refractivity contribution in [1.29, 1.82) is 0 Å². The summed E-state index contributed by atoms with van der Waals surface area (Å²) in [5.74, 6) is -0.0961. The fourth-order valence-corrected chi connectivity index (χ4v) is 1.67. The SMILES string of the molecule is CC(C)NCCN(C)CCc1ccccc1F. The Labute approximate surface area is 104 Å². The minimum absolute atomic E-state index is 0.0961. The van der Waals surface area contributed by atoms with Gasteiger partial charge in [-0.25, -0.2) is 4.39 Å². The largest absolute Gasteiger partial charge is 0.313 e. The van der Waals surface area contributed by atoms with E-state index in [1.165, 1.54) is 6.07 Å². The molecule has 0 aromatic heterocycles. The molecule has 0 atom stereocenters. The van der Waals surface area contributed by atoms with Gasteiger partial charge in [0.15, 0.2) is 0 Å². The zero-order chi connectivity index (χ0) is 12.7. The van der Waals surface area contributed by atoms with Gasteiger partial charge in [0.25, 0.3) is 0 Å². The maximum Gasteiger partial charge on any atom is 0.126 e. The summed E-state index contributed by atoms with van der Waals surface area (Å²) in [5, 5.41) is 3.37. The van der Waals surface area contributed by atoms with E-state index in [0.29, 0.717) is 6.04 Å². The molecule has 1 aromatic rings. The molecule has 0 aliphatic carbocycles. The minimum atomic E-state index is -0.0961. The standard InChI is InChI=1S/C14H23FN2/c1-12(2)16-9-11-17(3)10-8-13-6-4-5-7-14(13)15/h4-7,12,16H,8-11H2,1-3H3. The van der Waals surface area contributed by atoms with Crippen LogP contribution in [0.2, 0.25) is 0 Å². The van der Waals surface area contributed by atoms with Gasteiger partial charge in [0.1, 0.15) is 5.82 Å². The Kier molecular flexibility index (Phi) is 6.16. The van der Waals surface area contributed by atoms with Crippen LogP contribution in [0.4, 0.5) is 4.39 Å². The summed E-state index contributed by atoms with van der Waals surface area (Å²) in [6.45, 7) is 7.14. The number of benzene rings is 1. The average Bonchev–Trinajstić information content (AvgIpc) is 2.27. The first-order chi connectivity index (χ1) is 8.09. The summed E-state index contributed by atoms with van der Waals surface area (Å²) >= 11 is 0. The molecular formula is C14H23FN2. The molecule has 0 aliphatic heterocycles. The van der Waals surface area contributed by atoms with Gasteiger partial charge in [0, 0.05) is 25.7 Å². The van der Waals surface area contributed by atoms with Gasteiger partial charge in [-0.1, -0.05) is 32.0 Å². The molecule has 0 amide bonds. The van der Waals surface area contributed by atoms with Crippen molar-refractivity contribution in [3.8, 4) is 0 Å². The summed E-state index contributed by atoms with van der Waals surface area (Å²) in [4.78, 5) is 2.22. The van der Waals surface area contributed by atoms with Crippen molar-refractivity contribution >= 4 is 0 Å². The number of hydrogen-bond acceptors (Lipinski definition) is 2. The van der Waals surface area contributed by atoms with Crippen LogP contribution in [0.25, 0.3) is 0 Å². The van der Waals surface area contributed by atoms with Gasteiger partial charge in [-0.05, 0) is 25.1 Å². The first kappa shape index (κ1) is 14.1. The van der Waals surface area contributed by atoms with Crippen LogP contribution in [0.5, 0.6) is 0 Å². The maximum atomic E-state index is 13.4. The van der Waals surface area contributed by atoms with Gasteiger partial charge < -0.3 is 10.2 Å². The van der Waals surface area contributed by atoms with Crippen molar-refractivity contribution in [3.05, 3.63) is 35.6 Å². The molecule has 0 spiro atoms. The van der Waals surface area contributed by atoms with Crippen LogP contribution in [0.3, 0.4) is 0 Å². The fraction of sp³-hybridized carbons (Fsp3) is 0.571. The molecule has 96 valence electrons. The second-order valence-corrected chi connectivity index (χ2v) is 4.75. The van der Waals surface area contributed by atoms with Crippen LogP contribution in [-0.4, -0.2) is 37.6 Å². The smallest absolute Gasteiger partial charge is 0.126 e. The highest BCUT2D eigenvalue weighted by atomic mass is 19.1. The molecule has 0 heterocycles. The van der Waals surface area contributed by atoms with E-state index in [1.807, 2.05) is 12.1 Å². The van der Waals surface area contributed by atoms with E-state index in [0.717, 1.165) is 31.6 Å². The Morgan fingerprint density at radius 2 is 1.94 bits per heavy atom. The highest BCUT2D eigenvalue weighted by Gasteiger charge is 2.03. The van der Waals surface area contributed by atoms with E-state index in [-0.39, 0.29) is 5.82 Å². The van der Waals surface area contributed by atoms with E-state index in [9.17, 15) is 4.39 Å². The van der Waals surface area contributed by atoms with Crippen LogP contribution < -0.4 is 5.32 Å². The second-order valence-electron chi connectivity index (χ2n) is 4.75. The Morgan fingerprint density at radius 3 is 2.59 bits per heavy atom. The lowest BCUT2D eigenvalue weighted by Gasteiger charge is -2.18. The molecule has 0 fully saturated rings. The molecule has 0 radical (unpaired) electrons. The first-order valence-electron chi connectivity index (χ1n) is 6.25. The Bertz CT molecular complexity index is 326. The zero-order valence-electron chi connectivity index (χ0n) is 11.0. The van der Waals surface area contributed by atoms with Gasteiger partial charge >= 0.3 is 0 Å². The predicted octanol–water partition coefficient (Wildman–Crippen LogP) is 2.30. The van der Waals surface area contributed by atoms with Gasteiger partial charge in [-0.15, -0.1) is 0 Å². The third-order valence-corrected chi connectivity index (χ3v) is 2.77. The number of rotatable bonds is 7. The first-order valence-corrected chi connectivity index (χ1v) is 6.25. The summed E-state index contributed by atoms with van der Waals surface area (Å²) in [6.07, 6.45) is 0.769. The van der Waals surface area contributed by atoms with E-state index in [2.05, 4.69) is 31.1 Å². The van der Waals surface area contributed by atoms with Gasteiger partial charge in [-0.3, -0.25) is 0 Å². The number of likely N-dealkylation sites (N-methyl/N-ethyl adjacent to an activating group) is 1. The van der Waals surface area contributed by atoms with Crippen molar-refractivity contribution in [3.63, 3.8) is 0 Å². The molecule has 0 unspecified atom stereocenters. The molecule has 0 bridgehead atoms. The lowest BCUT2D eigenvalue weighted by molar-refractivity contribution is 0.329. The number of nitrogens with one attached hydrogen (secondary N) is 1. The molecule has 17 heavy (non-hydrogen) atoms. The summed E-state index contributed by atoms with van der Waals surface area (Å²) in [5.41, 5.74) is 0.802. The van der Waals surface area contributed by atoms with Crippen LogP contribution >= 0.6 is 0 Å². The van der Waals surface area contributed by atoms with Crippen LogP contribution in [0, 0.1) is 5.82 Å². The quantitative estimate of drug-likeness (QED) is 0.784. The topological polar surface area (TPSA) is 15.3 Å². The normalized spacial score (nSPS) is 11.4. The van der Waals surface area contributed by atoms with Crippen LogP contribution in [-0.2, 0) is 6.42 Å². The van der Waals surface area contributed by atoms with Gasteiger partial charge in [0.05, 0.1) is 0 Å². The Hall–Kier alpha value is -0.930. The highest BCUT2D eigenvalue weighted by Crippen LogP contribution is 2.07. The van der Waals surface area contributed by atoms with Crippen LogP contribution in [0.15, 0.2) is 24.3 Å². The van der Waals surface area contributed by atoms with Gasteiger partial charge in [0.2, 0.25) is 0 Å². The zero-order valence-corrected chi connectivity index (χ0v) is 11.0. The fourth-order valence-electron chi connectivity index (χ4n) is 1.67. The molecule has 0 aliphatic rings. The van der Waals surface area contributed by atoms with E-state index < -0.39 is 0 Å². The van der Waals surface area contributed by atoms with Crippen molar-refractivity contribution in [2.45, 2.75) is 26.3 Å². The van der Waals surface area contributed by atoms with E-state index in [4.69, 9.17) is 0 Å². The van der Waals surface area contributed by atoms with Crippen molar-refractivity contribution in [2.24, 2.45) is 0 Å². The van der Waals surface area contributed by atoms with Crippen molar-refractivity contribution < 1.29 is 4.39 Å². The average molecular weight is 238 g/mol. The van der Waals surface area contributed by atoms with Crippen molar-refractivity contribution in [2.75, 3.05) is 26.7 Å². The molecule has 3 heteroatoms. The number of nitrogens with zero attached hydrogens (tertiary/aromatic N) is 1. The molecule has 2 nitrogen and oxygen atoms in total. The molecule has 1 rings (SSSR count). The predicted molar refractivity (Wildman–Crippen MR) is 70.7 cm³/mol. The number of halogens is 1. The van der Waals surface area contributed by atoms with Gasteiger partial charge in [-0.2, -0.15) is 0 Å². The van der Waals surface area contributed by atoms with Crippen LogP contribution in [0.1, 0.15) is 19.4 Å². The molecule has 1 N–H and O–H groups in total. The molecule has 0 saturated heterocycles. The summed E-state index contributed by atoms with van der Waals surface area (Å²) in [7, 11) is 2.07. The third kappa shape index (κ3) is 5.80. The Balaban J connectivity index is 2.24. The van der Waals surface area contributed by atoms with E-state index in [1.54, 1.807) is 6.07 Å². The molecular weight excluding hydrogens is 215 g/mol. The summed E-state index contributed by atoms with van der Waals surface area (Å²) < 4.78 is 13.4. The highest BCUT2D eigenvalue weighted by molar-refractivity contribution is 5.17. The maximum absolute atomic E-state index is 13.4. The minimum Gasteiger partial charge on any atom is -0.313 e. The third-order valence-electron chi connectivity index (χ3n) is 2.77. The molecule has 0 saturated carbocycles. The summed E-state index contributed by atoms with van der Waals surface area (Å²) in [6, 6.07) is 7.52. The number of hydrogen-bond donors (Lipinski definition) is 1. The van der Waals surface area contributed by atoms with Crippen molar-refractivity contribution in [1.82, 2.24) is 10.2 Å². The lowest BCUT2D eigenvalue weighted by atomic mass is 10.1. The Morgan fingerprint density at radius 1 is 1.24 bits per heavy atom. The second kappa shape index (κ2) is 7.41. The monoisotopic (exact) mass is 238 g/mol. The van der Waals surface area contributed by atoms with E-state index >= 15 is 0 Å². The molecule has 1 aromatic carbocycles.